The largest absolute Gasteiger partial charge is 0.490 e. The SMILES string of the molecule is Cc1ccc(C)c(OC[C@@H](O)C[NH+]2CCN(c3cc(Cl)ccc3C)CC2)c1. The Balaban J connectivity index is 1.47. The Morgan fingerprint density at radius 2 is 1.78 bits per heavy atom. The summed E-state index contributed by atoms with van der Waals surface area (Å²) in [5.41, 5.74) is 4.75. The molecule has 1 atom stereocenters. The molecule has 0 aliphatic carbocycles. The second-order valence-electron chi connectivity index (χ2n) is 7.61. The molecule has 1 aliphatic rings. The van der Waals surface area contributed by atoms with Crippen LogP contribution < -0.4 is 14.5 Å². The monoisotopic (exact) mass is 389 g/mol. The first kappa shape index (κ1) is 20.0. The van der Waals surface area contributed by atoms with Gasteiger partial charge in [-0.05, 0) is 55.7 Å². The number of rotatable bonds is 6. The van der Waals surface area contributed by atoms with Crippen molar-refractivity contribution in [3.8, 4) is 5.75 Å². The Labute approximate surface area is 167 Å². The number of nitrogens with one attached hydrogen (secondary N) is 1. The van der Waals surface area contributed by atoms with Crippen LogP contribution >= 0.6 is 11.6 Å². The number of halogens is 1. The van der Waals surface area contributed by atoms with Crippen molar-refractivity contribution in [3.05, 3.63) is 58.1 Å². The van der Waals surface area contributed by atoms with Crippen LogP contribution in [0.5, 0.6) is 5.75 Å². The van der Waals surface area contributed by atoms with Crippen LogP contribution in [0.2, 0.25) is 5.02 Å². The van der Waals surface area contributed by atoms with Crippen molar-refractivity contribution in [3.63, 3.8) is 0 Å². The van der Waals surface area contributed by atoms with E-state index in [4.69, 9.17) is 16.3 Å². The molecule has 1 heterocycles. The van der Waals surface area contributed by atoms with Gasteiger partial charge in [0.15, 0.2) is 0 Å². The quantitative estimate of drug-likeness (QED) is 0.796. The van der Waals surface area contributed by atoms with Gasteiger partial charge in [-0.3, -0.25) is 0 Å². The Kier molecular flexibility index (Phi) is 6.64. The van der Waals surface area contributed by atoms with Gasteiger partial charge in [-0.2, -0.15) is 0 Å². The molecule has 0 bridgehead atoms. The average Bonchev–Trinajstić information content (AvgIpc) is 2.65. The van der Waals surface area contributed by atoms with E-state index in [9.17, 15) is 5.11 Å². The summed E-state index contributed by atoms with van der Waals surface area (Å²) in [6, 6.07) is 12.2. The number of piperazine rings is 1. The molecule has 5 heteroatoms. The van der Waals surface area contributed by atoms with Crippen molar-refractivity contribution in [1.82, 2.24) is 0 Å². The molecule has 2 N–H and O–H groups in total. The van der Waals surface area contributed by atoms with E-state index in [2.05, 4.69) is 36.1 Å². The number of aryl methyl sites for hydroxylation is 3. The number of anilines is 1. The maximum atomic E-state index is 10.4. The number of hydrogen-bond donors (Lipinski definition) is 2. The summed E-state index contributed by atoms with van der Waals surface area (Å²) < 4.78 is 5.85. The zero-order valence-electron chi connectivity index (χ0n) is 16.5. The highest BCUT2D eigenvalue weighted by Crippen LogP contribution is 2.24. The lowest BCUT2D eigenvalue weighted by Gasteiger charge is -2.35. The van der Waals surface area contributed by atoms with Crippen LogP contribution in [-0.4, -0.2) is 50.5 Å². The van der Waals surface area contributed by atoms with Crippen LogP contribution in [0, 0.1) is 20.8 Å². The number of aliphatic hydroxyl groups excluding tert-OH is 1. The van der Waals surface area contributed by atoms with Gasteiger partial charge in [0.1, 0.15) is 25.0 Å². The Bertz CT molecular complexity index is 773. The van der Waals surface area contributed by atoms with Crippen molar-refractivity contribution in [2.75, 3.05) is 44.2 Å². The first-order valence-corrected chi connectivity index (χ1v) is 10.0. The third-order valence-corrected chi connectivity index (χ3v) is 5.52. The van der Waals surface area contributed by atoms with E-state index in [1.54, 1.807) is 0 Å². The van der Waals surface area contributed by atoms with Crippen LogP contribution in [0.3, 0.4) is 0 Å². The van der Waals surface area contributed by atoms with E-state index in [0.29, 0.717) is 13.2 Å². The summed E-state index contributed by atoms with van der Waals surface area (Å²) in [4.78, 5) is 3.81. The van der Waals surface area contributed by atoms with E-state index < -0.39 is 6.10 Å². The van der Waals surface area contributed by atoms with Gasteiger partial charge in [0, 0.05) is 10.7 Å². The molecule has 4 nitrogen and oxygen atoms in total. The van der Waals surface area contributed by atoms with E-state index >= 15 is 0 Å². The Hall–Kier alpha value is -1.75. The molecule has 0 saturated carbocycles. The van der Waals surface area contributed by atoms with Crippen molar-refractivity contribution >= 4 is 17.3 Å². The van der Waals surface area contributed by atoms with Gasteiger partial charge in [0.2, 0.25) is 0 Å². The predicted octanol–water partition coefficient (Wildman–Crippen LogP) is 2.41. The number of nitrogens with zero attached hydrogens (tertiary/aromatic N) is 1. The molecule has 146 valence electrons. The van der Waals surface area contributed by atoms with Gasteiger partial charge in [-0.25, -0.2) is 0 Å². The van der Waals surface area contributed by atoms with Gasteiger partial charge in [-0.1, -0.05) is 29.8 Å². The summed E-state index contributed by atoms with van der Waals surface area (Å²) in [6.07, 6.45) is -0.459. The van der Waals surface area contributed by atoms with Crippen molar-refractivity contribution in [2.45, 2.75) is 26.9 Å². The second kappa shape index (κ2) is 8.96. The first-order chi connectivity index (χ1) is 12.9. The zero-order chi connectivity index (χ0) is 19.4. The fourth-order valence-electron chi connectivity index (χ4n) is 3.63. The van der Waals surface area contributed by atoms with Gasteiger partial charge in [0.05, 0.1) is 26.2 Å². The van der Waals surface area contributed by atoms with Crippen LogP contribution in [0.15, 0.2) is 36.4 Å². The normalized spacial score (nSPS) is 16.4. The predicted molar refractivity (Wildman–Crippen MR) is 111 cm³/mol. The second-order valence-corrected chi connectivity index (χ2v) is 8.04. The van der Waals surface area contributed by atoms with Crippen LogP contribution in [0.4, 0.5) is 5.69 Å². The molecule has 0 aromatic heterocycles. The minimum absolute atomic E-state index is 0.338. The van der Waals surface area contributed by atoms with Gasteiger partial charge in [0.25, 0.3) is 0 Å². The van der Waals surface area contributed by atoms with E-state index in [1.807, 2.05) is 26.0 Å². The van der Waals surface area contributed by atoms with Crippen LogP contribution in [0.1, 0.15) is 16.7 Å². The standard InChI is InChI=1S/C22H29ClN2O2/c1-16-4-5-18(3)22(12-16)27-15-20(26)14-24-8-10-25(11-9-24)21-13-19(23)7-6-17(21)2/h4-7,12-13,20,26H,8-11,14-15H2,1-3H3/p+1/t20-/m0/s1. The molecule has 1 aliphatic heterocycles. The lowest BCUT2D eigenvalue weighted by Crippen LogP contribution is -3.16. The molecule has 0 radical (unpaired) electrons. The number of ether oxygens (including phenoxy) is 1. The number of benzene rings is 2. The lowest BCUT2D eigenvalue weighted by molar-refractivity contribution is -0.903. The molecular weight excluding hydrogens is 360 g/mol. The maximum absolute atomic E-state index is 10.4. The number of quaternary nitrogens is 1. The zero-order valence-corrected chi connectivity index (χ0v) is 17.2. The van der Waals surface area contributed by atoms with Gasteiger partial charge >= 0.3 is 0 Å². The highest BCUT2D eigenvalue weighted by molar-refractivity contribution is 6.30. The van der Waals surface area contributed by atoms with Gasteiger partial charge < -0.3 is 19.6 Å². The molecule has 1 fully saturated rings. The number of aliphatic hydroxyl groups is 1. The highest BCUT2D eigenvalue weighted by Gasteiger charge is 2.23. The van der Waals surface area contributed by atoms with Crippen molar-refractivity contribution in [2.24, 2.45) is 0 Å². The van der Waals surface area contributed by atoms with E-state index in [0.717, 1.165) is 42.5 Å². The minimum Gasteiger partial charge on any atom is -0.490 e. The third-order valence-electron chi connectivity index (χ3n) is 5.28. The Morgan fingerprint density at radius 3 is 2.52 bits per heavy atom. The molecule has 2 aromatic rings. The summed E-state index contributed by atoms with van der Waals surface area (Å²) in [6.45, 7) is 11.2. The van der Waals surface area contributed by atoms with Crippen molar-refractivity contribution < 1.29 is 14.7 Å². The fourth-order valence-corrected chi connectivity index (χ4v) is 3.80. The first-order valence-electron chi connectivity index (χ1n) is 9.65. The number of hydrogen-bond acceptors (Lipinski definition) is 3. The van der Waals surface area contributed by atoms with E-state index in [1.165, 1.54) is 21.7 Å². The smallest absolute Gasteiger partial charge is 0.137 e. The molecule has 3 rings (SSSR count). The molecule has 27 heavy (non-hydrogen) atoms. The summed E-state index contributed by atoms with van der Waals surface area (Å²) in [7, 11) is 0. The molecular formula is C22H30ClN2O2+. The van der Waals surface area contributed by atoms with Crippen LogP contribution in [0.25, 0.3) is 0 Å². The average molecular weight is 390 g/mol. The van der Waals surface area contributed by atoms with Crippen molar-refractivity contribution in [1.29, 1.82) is 0 Å². The highest BCUT2D eigenvalue weighted by atomic mass is 35.5. The van der Waals surface area contributed by atoms with Gasteiger partial charge in [-0.15, -0.1) is 0 Å². The summed E-state index contributed by atoms with van der Waals surface area (Å²) in [5.74, 6) is 0.866. The third kappa shape index (κ3) is 5.38. The molecule has 1 saturated heterocycles. The summed E-state index contributed by atoms with van der Waals surface area (Å²) >= 11 is 6.16. The fraction of sp³-hybridized carbons (Fsp3) is 0.455. The lowest BCUT2D eigenvalue weighted by atomic mass is 10.1. The van der Waals surface area contributed by atoms with E-state index in [-0.39, 0.29) is 0 Å². The minimum atomic E-state index is -0.459. The Morgan fingerprint density at radius 1 is 1.07 bits per heavy atom. The summed E-state index contributed by atoms with van der Waals surface area (Å²) in [5, 5.41) is 11.2. The molecule has 0 amide bonds. The topological polar surface area (TPSA) is 37.1 Å². The maximum Gasteiger partial charge on any atom is 0.137 e. The molecule has 2 aromatic carbocycles. The molecule has 0 spiro atoms. The molecule has 0 unspecified atom stereocenters. The van der Waals surface area contributed by atoms with Crippen LogP contribution in [-0.2, 0) is 0 Å².